The molecule has 0 saturated heterocycles. The van der Waals surface area contributed by atoms with Crippen LogP contribution in [0.1, 0.15) is 12.5 Å². The number of halogens is 1. The van der Waals surface area contributed by atoms with Crippen molar-refractivity contribution in [1.29, 1.82) is 0 Å². The van der Waals surface area contributed by atoms with Gasteiger partial charge in [-0.05, 0) is 26.0 Å². The van der Waals surface area contributed by atoms with Crippen LogP contribution in [0.25, 0.3) is 0 Å². The summed E-state index contributed by atoms with van der Waals surface area (Å²) in [6.45, 7) is 3.16. The molecule has 96 valence electrons. The van der Waals surface area contributed by atoms with E-state index in [2.05, 4.69) is 0 Å². The van der Waals surface area contributed by atoms with Crippen LogP contribution in [0.5, 0.6) is 0 Å². The number of aliphatic hydroxyl groups is 1. The Morgan fingerprint density at radius 3 is 2.35 bits per heavy atom. The number of aryl methyl sites for hydroxylation is 1. The van der Waals surface area contributed by atoms with Gasteiger partial charge in [0.2, 0.25) is 0 Å². The summed E-state index contributed by atoms with van der Waals surface area (Å²) >= 11 is 1.98. The summed E-state index contributed by atoms with van der Waals surface area (Å²) in [6.07, 6.45) is 0. The van der Waals surface area contributed by atoms with Crippen molar-refractivity contribution in [2.45, 2.75) is 24.3 Å². The van der Waals surface area contributed by atoms with Gasteiger partial charge in [0.25, 0.3) is 10.1 Å². The van der Waals surface area contributed by atoms with Crippen LogP contribution in [-0.4, -0.2) is 30.2 Å². The summed E-state index contributed by atoms with van der Waals surface area (Å²) in [5, 5.41) is 9.68. The van der Waals surface area contributed by atoms with Crippen molar-refractivity contribution >= 4 is 32.7 Å². The molecule has 0 aliphatic rings. The fourth-order valence-corrected chi connectivity index (χ4v) is 2.25. The highest BCUT2D eigenvalue weighted by molar-refractivity contribution is 14.1. The molecule has 0 aliphatic carbocycles. The molecule has 1 N–H and O–H groups in total. The number of hydrogen-bond acceptors (Lipinski definition) is 4. The fraction of sp³-hybridized carbons (Fsp3) is 0.455. The molecule has 0 radical (unpaired) electrons. The Morgan fingerprint density at radius 2 is 1.88 bits per heavy atom. The third kappa shape index (κ3) is 4.53. The van der Waals surface area contributed by atoms with Gasteiger partial charge in [-0.1, -0.05) is 40.3 Å². The van der Waals surface area contributed by atoms with E-state index in [0.717, 1.165) is 5.56 Å². The van der Waals surface area contributed by atoms with E-state index in [4.69, 9.17) is 4.18 Å². The average molecular weight is 370 g/mol. The Bertz CT molecular complexity index is 465. The maximum atomic E-state index is 11.8. The zero-order valence-corrected chi connectivity index (χ0v) is 12.7. The van der Waals surface area contributed by atoms with Gasteiger partial charge in [0.1, 0.15) is 0 Å². The first-order valence-electron chi connectivity index (χ1n) is 5.01. The predicted octanol–water partition coefficient (Wildman–Crippen LogP) is 1.89. The molecule has 0 amide bonds. The quantitative estimate of drug-likeness (QED) is 0.489. The van der Waals surface area contributed by atoms with Crippen LogP contribution >= 0.6 is 22.6 Å². The van der Waals surface area contributed by atoms with Gasteiger partial charge in [0, 0.05) is 4.43 Å². The first kappa shape index (κ1) is 14.9. The maximum absolute atomic E-state index is 11.8. The van der Waals surface area contributed by atoms with Crippen molar-refractivity contribution in [3.8, 4) is 0 Å². The second-order valence-electron chi connectivity index (χ2n) is 4.16. The van der Waals surface area contributed by atoms with E-state index in [1.807, 2.05) is 29.5 Å². The van der Waals surface area contributed by atoms with E-state index >= 15 is 0 Å². The van der Waals surface area contributed by atoms with Gasteiger partial charge in [0.05, 0.1) is 17.1 Å². The minimum Gasteiger partial charge on any atom is -0.387 e. The van der Waals surface area contributed by atoms with Crippen LogP contribution in [-0.2, 0) is 14.3 Å². The van der Waals surface area contributed by atoms with Crippen LogP contribution in [0, 0.1) is 6.92 Å². The summed E-state index contributed by atoms with van der Waals surface area (Å²) < 4.78 is 28.8. The molecule has 17 heavy (non-hydrogen) atoms. The molecule has 4 nitrogen and oxygen atoms in total. The lowest BCUT2D eigenvalue weighted by atomic mass is 10.2. The molecule has 1 rings (SSSR count). The molecule has 1 aromatic rings. The number of rotatable bonds is 5. The molecule has 0 fully saturated rings. The molecule has 0 saturated carbocycles. The normalized spacial score (nSPS) is 15.5. The van der Waals surface area contributed by atoms with Crippen molar-refractivity contribution < 1.29 is 17.7 Å². The fourth-order valence-electron chi connectivity index (χ4n) is 1.02. The summed E-state index contributed by atoms with van der Waals surface area (Å²) in [5.41, 5.74) is -0.165. The third-order valence-electron chi connectivity index (χ3n) is 2.12. The first-order chi connectivity index (χ1) is 7.77. The van der Waals surface area contributed by atoms with Crippen molar-refractivity contribution in [3.63, 3.8) is 0 Å². The molecule has 0 aromatic heterocycles. The molecule has 1 aromatic carbocycles. The topological polar surface area (TPSA) is 63.6 Å². The highest BCUT2D eigenvalue weighted by atomic mass is 127. The van der Waals surface area contributed by atoms with Gasteiger partial charge in [-0.15, -0.1) is 0 Å². The van der Waals surface area contributed by atoms with Crippen LogP contribution < -0.4 is 0 Å². The van der Waals surface area contributed by atoms with Gasteiger partial charge in [-0.3, -0.25) is 4.18 Å². The van der Waals surface area contributed by atoms with Gasteiger partial charge < -0.3 is 5.11 Å². The molecule has 1 unspecified atom stereocenters. The van der Waals surface area contributed by atoms with Gasteiger partial charge >= 0.3 is 0 Å². The van der Waals surface area contributed by atoms with Gasteiger partial charge in [-0.2, -0.15) is 8.42 Å². The van der Waals surface area contributed by atoms with Gasteiger partial charge in [0.15, 0.2) is 0 Å². The van der Waals surface area contributed by atoms with Crippen molar-refractivity contribution in [1.82, 2.24) is 0 Å². The molecule has 1 atom stereocenters. The van der Waals surface area contributed by atoms with Crippen LogP contribution in [0.15, 0.2) is 29.2 Å². The number of benzene rings is 1. The highest BCUT2D eigenvalue weighted by Crippen LogP contribution is 2.16. The minimum absolute atomic E-state index is 0.104. The predicted molar refractivity (Wildman–Crippen MR) is 73.8 cm³/mol. The van der Waals surface area contributed by atoms with E-state index in [0.29, 0.717) is 4.43 Å². The monoisotopic (exact) mass is 370 g/mol. The van der Waals surface area contributed by atoms with Crippen LogP contribution in [0.4, 0.5) is 0 Å². The number of alkyl halides is 1. The number of hydrogen-bond donors (Lipinski definition) is 1. The Hall–Kier alpha value is -0.180. The standard InChI is InChI=1S/C11H15IO4S/c1-9-3-5-10(6-4-9)17(14,15)16-8-11(2,13)7-12/h3-6,13H,7-8H2,1-2H3. The first-order valence-corrected chi connectivity index (χ1v) is 7.95. The van der Waals surface area contributed by atoms with Crippen molar-refractivity contribution in [2.75, 3.05) is 11.0 Å². The van der Waals surface area contributed by atoms with E-state index in [1.54, 1.807) is 12.1 Å². The lowest BCUT2D eigenvalue weighted by Crippen LogP contribution is -2.33. The Balaban J connectivity index is 2.79. The molecule has 6 heteroatoms. The summed E-state index contributed by atoms with van der Waals surface area (Å²) in [4.78, 5) is 0.104. The second-order valence-corrected chi connectivity index (χ2v) is 6.54. The Morgan fingerprint density at radius 1 is 1.35 bits per heavy atom. The zero-order valence-electron chi connectivity index (χ0n) is 9.68. The summed E-state index contributed by atoms with van der Waals surface area (Å²) in [7, 11) is -3.78. The summed E-state index contributed by atoms with van der Waals surface area (Å²) in [6, 6.07) is 6.38. The maximum Gasteiger partial charge on any atom is 0.297 e. The van der Waals surface area contributed by atoms with Gasteiger partial charge in [-0.25, -0.2) is 0 Å². The second kappa shape index (κ2) is 5.64. The molecular weight excluding hydrogens is 355 g/mol. The zero-order chi connectivity index (χ0) is 13.1. The SMILES string of the molecule is Cc1ccc(S(=O)(=O)OCC(C)(O)CI)cc1. The largest absolute Gasteiger partial charge is 0.387 e. The van der Waals surface area contributed by atoms with E-state index in [-0.39, 0.29) is 11.5 Å². The lowest BCUT2D eigenvalue weighted by Gasteiger charge is -2.19. The molecular formula is C11H15IO4S. The molecule has 0 bridgehead atoms. The summed E-state index contributed by atoms with van der Waals surface area (Å²) in [5.74, 6) is 0. The molecule has 0 spiro atoms. The van der Waals surface area contributed by atoms with Crippen LogP contribution in [0.2, 0.25) is 0 Å². The Kier molecular flexibility index (Phi) is 4.94. The highest BCUT2D eigenvalue weighted by Gasteiger charge is 2.24. The van der Waals surface area contributed by atoms with E-state index < -0.39 is 15.7 Å². The lowest BCUT2D eigenvalue weighted by molar-refractivity contribution is 0.0377. The van der Waals surface area contributed by atoms with Crippen molar-refractivity contribution in [3.05, 3.63) is 29.8 Å². The van der Waals surface area contributed by atoms with E-state index in [1.165, 1.54) is 19.1 Å². The Labute approximate surface area is 115 Å². The van der Waals surface area contributed by atoms with Crippen LogP contribution in [0.3, 0.4) is 0 Å². The molecule has 0 heterocycles. The minimum atomic E-state index is -3.78. The average Bonchev–Trinajstić information content (AvgIpc) is 2.27. The third-order valence-corrected chi connectivity index (χ3v) is 5.04. The molecule has 0 aliphatic heterocycles. The van der Waals surface area contributed by atoms with Crippen molar-refractivity contribution in [2.24, 2.45) is 0 Å². The van der Waals surface area contributed by atoms with E-state index in [9.17, 15) is 13.5 Å². The smallest absolute Gasteiger partial charge is 0.297 e.